The molecule has 3 rings (SSSR count). The van der Waals surface area contributed by atoms with E-state index >= 15 is 0 Å². The van der Waals surface area contributed by atoms with Gasteiger partial charge in [-0.3, -0.25) is 5.41 Å². The lowest BCUT2D eigenvalue weighted by atomic mass is 10.1. The van der Waals surface area contributed by atoms with Crippen molar-refractivity contribution in [1.29, 1.82) is 5.41 Å². The molecule has 4 nitrogen and oxygen atoms in total. The number of nitrogens with one attached hydrogen (secondary N) is 1. The monoisotopic (exact) mass is 270 g/mol. The molecule has 1 heterocycles. The lowest BCUT2D eigenvalue weighted by Gasteiger charge is -2.04. The van der Waals surface area contributed by atoms with Crippen molar-refractivity contribution in [3.63, 3.8) is 0 Å². The van der Waals surface area contributed by atoms with Gasteiger partial charge in [0.15, 0.2) is 0 Å². The number of benzene rings is 1. The van der Waals surface area contributed by atoms with Gasteiger partial charge in [0.25, 0.3) is 0 Å². The highest BCUT2D eigenvalue weighted by Gasteiger charge is 2.11. The summed E-state index contributed by atoms with van der Waals surface area (Å²) in [7, 11) is 0. The van der Waals surface area contributed by atoms with Gasteiger partial charge in [0, 0.05) is 4.90 Å². The Morgan fingerprint density at radius 2 is 2.00 bits per heavy atom. The first kappa shape index (κ1) is 12.2. The van der Waals surface area contributed by atoms with Crippen LogP contribution in [0.3, 0.4) is 0 Å². The van der Waals surface area contributed by atoms with E-state index in [-0.39, 0.29) is 5.84 Å². The minimum atomic E-state index is -0.0541. The first-order valence-corrected chi connectivity index (χ1v) is 7.00. The Hall–Kier alpha value is -1.88. The Morgan fingerprint density at radius 1 is 1.16 bits per heavy atom. The van der Waals surface area contributed by atoms with E-state index in [9.17, 15) is 0 Å². The molecule has 0 aliphatic heterocycles. The van der Waals surface area contributed by atoms with Crippen LogP contribution >= 0.6 is 11.8 Å². The molecule has 2 aromatic rings. The van der Waals surface area contributed by atoms with Gasteiger partial charge in [-0.05, 0) is 42.5 Å². The highest BCUT2D eigenvalue weighted by molar-refractivity contribution is 7.99. The first-order valence-electron chi connectivity index (χ1n) is 6.18. The standard InChI is InChI=1S/C14H14N4S/c15-14(16)12-7-18-13(8-17-12)19-11-5-4-9-2-1-3-10(9)6-11/h4-8H,1-3H2,(H3,15,16). The van der Waals surface area contributed by atoms with Crippen LogP contribution < -0.4 is 5.73 Å². The van der Waals surface area contributed by atoms with Crippen molar-refractivity contribution in [2.45, 2.75) is 29.2 Å². The molecule has 0 bridgehead atoms. The van der Waals surface area contributed by atoms with Crippen LogP contribution in [0.5, 0.6) is 0 Å². The summed E-state index contributed by atoms with van der Waals surface area (Å²) >= 11 is 1.59. The summed E-state index contributed by atoms with van der Waals surface area (Å²) in [5.41, 5.74) is 8.70. The molecule has 19 heavy (non-hydrogen) atoms. The number of nitrogen functional groups attached to an aromatic ring is 1. The van der Waals surface area contributed by atoms with Crippen molar-refractivity contribution in [2.24, 2.45) is 5.73 Å². The first-order chi connectivity index (χ1) is 9.22. The third kappa shape index (κ3) is 2.61. The number of nitrogens with zero attached hydrogens (tertiary/aromatic N) is 2. The van der Waals surface area contributed by atoms with Crippen molar-refractivity contribution in [2.75, 3.05) is 0 Å². The highest BCUT2D eigenvalue weighted by atomic mass is 32.2. The van der Waals surface area contributed by atoms with Gasteiger partial charge in [-0.25, -0.2) is 9.97 Å². The van der Waals surface area contributed by atoms with E-state index in [1.165, 1.54) is 41.5 Å². The predicted octanol–water partition coefficient (Wildman–Crippen LogP) is 2.40. The molecule has 0 amide bonds. The largest absolute Gasteiger partial charge is 0.382 e. The van der Waals surface area contributed by atoms with E-state index in [2.05, 4.69) is 28.2 Å². The quantitative estimate of drug-likeness (QED) is 0.663. The van der Waals surface area contributed by atoms with Crippen LogP contribution in [0.4, 0.5) is 0 Å². The average molecular weight is 270 g/mol. The summed E-state index contributed by atoms with van der Waals surface area (Å²) in [6, 6.07) is 6.59. The summed E-state index contributed by atoms with van der Waals surface area (Å²) in [6.45, 7) is 0. The molecule has 1 aromatic carbocycles. The summed E-state index contributed by atoms with van der Waals surface area (Å²) in [5.74, 6) is -0.0541. The van der Waals surface area contributed by atoms with Crippen LogP contribution in [0.2, 0.25) is 0 Å². The number of hydrogen-bond acceptors (Lipinski definition) is 4. The molecule has 1 aliphatic rings. The molecular weight excluding hydrogens is 256 g/mol. The van der Waals surface area contributed by atoms with Crippen molar-refractivity contribution in [3.8, 4) is 0 Å². The average Bonchev–Trinajstić information content (AvgIpc) is 2.87. The summed E-state index contributed by atoms with van der Waals surface area (Å²) in [6.07, 6.45) is 6.84. The van der Waals surface area contributed by atoms with Crippen LogP contribution in [-0.2, 0) is 12.8 Å². The molecule has 0 saturated heterocycles. The van der Waals surface area contributed by atoms with Gasteiger partial charge in [-0.1, -0.05) is 17.8 Å². The normalized spacial score (nSPS) is 13.3. The fraction of sp³-hybridized carbons (Fsp3) is 0.214. The minimum Gasteiger partial charge on any atom is -0.382 e. The second-order valence-corrected chi connectivity index (χ2v) is 5.63. The molecule has 3 N–H and O–H groups in total. The number of aryl methyl sites for hydroxylation is 2. The van der Waals surface area contributed by atoms with Gasteiger partial charge in [0.2, 0.25) is 0 Å². The Balaban J connectivity index is 1.79. The topological polar surface area (TPSA) is 75.7 Å². The van der Waals surface area contributed by atoms with Crippen molar-refractivity contribution >= 4 is 17.6 Å². The maximum absolute atomic E-state index is 7.28. The van der Waals surface area contributed by atoms with Gasteiger partial charge >= 0.3 is 0 Å². The Morgan fingerprint density at radius 3 is 2.74 bits per heavy atom. The van der Waals surface area contributed by atoms with Gasteiger partial charge in [-0.2, -0.15) is 0 Å². The Bertz CT molecular complexity index is 622. The molecule has 0 saturated carbocycles. The zero-order valence-electron chi connectivity index (χ0n) is 10.4. The maximum atomic E-state index is 7.28. The Kier molecular flexibility index (Phi) is 3.21. The van der Waals surface area contributed by atoms with Gasteiger partial charge in [-0.15, -0.1) is 0 Å². The molecule has 0 unspecified atom stereocenters. The van der Waals surface area contributed by atoms with Crippen LogP contribution in [0.15, 0.2) is 40.5 Å². The van der Waals surface area contributed by atoms with Crippen LogP contribution in [0.1, 0.15) is 23.2 Å². The second kappa shape index (κ2) is 5.01. The minimum absolute atomic E-state index is 0.0541. The summed E-state index contributed by atoms with van der Waals surface area (Å²) < 4.78 is 0. The summed E-state index contributed by atoms with van der Waals surface area (Å²) in [5, 5.41) is 8.10. The molecule has 1 aliphatic carbocycles. The van der Waals surface area contributed by atoms with Crippen LogP contribution in [0.25, 0.3) is 0 Å². The van der Waals surface area contributed by atoms with Gasteiger partial charge in [0.05, 0.1) is 12.4 Å². The fourth-order valence-corrected chi connectivity index (χ4v) is 3.03. The van der Waals surface area contributed by atoms with E-state index in [0.717, 1.165) is 5.03 Å². The lowest BCUT2D eigenvalue weighted by Crippen LogP contribution is -2.13. The van der Waals surface area contributed by atoms with Crippen LogP contribution in [-0.4, -0.2) is 15.8 Å². The van der Waals surface area contributed by atoms with Crippen molar-refractivity contribution in [3.05, 3.63) is 47.4 Å². The summed E-state index contributed by atoms with van der Waals surface area (Å²) in [4.78, 5) is 9.57. The lowest BCUT2D eigenvalue weighted by molar-refractivity contribution is 0.911. The van der Waals surface area contributed by atoms with E-state index in [0.29, 0.717) is 5.69 Å². The van der Waals surface area contributed by atoms with E-state index in [1.807, 2.05) is 0 Å². The van der Waals surface area contributed by atoms with Crippen molar-refractivity contribution in [1.82, 2.24) is 9.97 Å². The molecule has 0 atom stereocenters. The maximum Gasteiger partial charge on any atom is 0.143 e. The number of amidine groups is 1. The van der Waals surface area contributed by atoms with Crippen molar-refractivity contribution < 1.29 is 0 Å². The van der Waals surface area contributed by atoms with Gasteiger partial charge < -0.3 is 5.73 Å². The number of aromatic nitrogens is 2. The fourth-order valence-electron chi connectivity index (χ4n) is 2.24. The third-order valence-electron chi connectivity index (χ3n) is 3.20. The number of rotatable bonds is 3. The Labute approximate surface area is 116 Å². The highest BCUT2D eigenvalue weighted by Crippen LogP contribution is 2.30. The molecular formula is C14H14N4S. The second-order valence-electron chi connectivity index (χ2n) is 4.54. The smallest absolute Gasteiger partial charge is 0.143 e. The van der Waals surface area contributed by atoms with Crippen LogP contribution in [0, 0.1) is 5.41 Å². The van der Waals surface area contributed by atoms with E-state index in [4.69, 9.17) is 11.1 Å². The molecule has 0 fully saturated rings. The number of nitrogens with two attached hydrogens (primary N) is 1. The number of hydrogen-bond donors (Lipinski definition) is 2. The molecule has 0 spiro atoms. The third-order valence-corrected chi connectivity index (χ3v) is 4.11. The zero-order chi connectivity index (χ0) is 13.2. The molecule has 96 valence electrons. The predicted molar refractivity (Wildman–Crippen MR) is 75.6 cm³/mol. The van der Waals surface area contributed by atoms with E-state index in [1.54, 1.807) is 18.0 Å². The van der Waals surface area contributed by atoms with Gasteiger partial charge in [0.1, 0.15) is 16.6 Å². The zero-order valence-corrected chi connectivity index (χ0v) is 11.2. The number of fused-ring (bicyclic) bond motifs is 1. The SMILES string of the molecule is N=C(N)c1cnc(Sc2ccc3c(c2)CCC3)cn1. The molecule has 0 radical (unpaired) electrons. The molecule has 1 aromatic heterocycles. The van der Waals surface area contributed by atoms with E-state index < -0.39 is 0 Å². The molecule has 5 heteroatoms.